The van der Waals surface area contributed by atoms with Crippen LogP contribution in [-0.2, 0) is 4.79 Å². The van der Waals surface area contributed by atoms with Crippen molar-refractivity contribution in [3.05, 3.63) is 64.7 Å². The molecule has 1 heterocycles. The van der Waals surface area contributed by atoms with Gasteiger partial charge in [0.05, 0.1) is 11.4 Å². The molecule has 1 aliphatic heterocycles. The number of amides is 1. The SMILES string of the molecule is CCCCN1C(=O)C(F)N=C(c2ccccc2)c2cc(Cl)ccc21. The highest BCUT2D eigenvalue weighted by atomic mass is 35.5. The van der Waals surface area contributed by atoms with E-state index in [1.54, 1.807) is 18.2 Å². The number of halogens is 2. The number of benzodiazepines with no additional fused rings is 1. The van der Waals surface area contributed by atoms with Crippen LogP contribution in [0.5, 0.6) is 0 Å². The van der Waals surface area contributed by atoms with Gasteiger partial charge in [0.15, 0.2) is 0 Å². The number of anilines is 1. The van der Waals surface area contributed by atoms with E-state index in [1.165, 1.54) is 4.90 Å². The molecule has 1 unspecified atom stereocenters. The molecule has 1 aliphatic rings. The van der Waals surface area contributed by atoms with E-state index in [0.29, 0.717) is 28.5 Å². The summed E-state index contributed by atoms with van der Waals surface area (Å²) < 4.78 is 14.5. The summed E-state index contributed by atoms with van der Waals surface area (Å²) in [5.41, 5.74) is 2.54. The van der Waals surface area contributed by atoms with Gasteiger partial charge in [0.1, 0.15) is 0 Å². The zero-order valence-corrected chi connectivity index (χ0v) is 14.1. The van der Waals surface area contributed by atoms with Crippen LogP contribution in [0.25, 0.3) is 0 Å². The minimum absolute atomic E-state index is 0.452. The van der Waals surface area contributed by atoms with Crippen molar-refractivity contribution < 1.29 is 9.18 Å². The number of hydrogen-bond donors (Lipinski definition) is 0. The Kier molecular flexibility index (Phi) is 4.95. The fourth-order valence-corrected chi connectivity index (χ4v) is 2.96. The predicted molar refractivity (Wildman–Crippen MR) is 95.7 cm³/mol. The monoisotopic (exact) mass is 344 g/mol. The maximum absolute atomic E-state index is 14.5. The highest BCUT2D eigenvalue weighted by Gasteiger charge is 2.31. The number of carbonyl (C=O) groups excluding carboxylic acids is 1. The van der Waals surface area contributed by atoms with E-state index < -0.39 is 12.2 Å². The minimum Gasteiger partial charge on any atom is -0.307 e. The third-order valence-electron chi connectivity index (χ3n) is 4.00. The Bertz CT molecular complexity index is 776. The molecule has 3 rings (SSSR count). The average molecular weight is 345 g/mol. The molecule has 5 heteroatoms. The number of rotatable bonds is 4. The van der Waals surface area contributed by atoms with E-state index in [-0.39, 0.29) is 0 Å². The van der Waals surface area contributed by atoms with E-state index in [2.05, 4.69) is 4.99 Å². The second-order valence-corrected chi connectivity index (χ2v) is 6.12. The van der Waals surface area contributed by atoms with Crippen molar-refractivity contribution in [2.75, 3.05) is 11.4 Å². The van der Waals surface area contributed by atoms with Gasteiger partial charge in [-0.2, -0.15) is 0 Å². The van der Waals surface area contributed by atoms with Gasteiger partial charge in [-0.3, -0.25) is 4.79 Å². The number of fused-ring (bicyclic) bond motifs is 1. The Morgan fingerprint density at radius 3 is 2.67 bits per heavy atom. The van der Waals surface area contributed by atoms with Crippen LogP contribution in [0.2, 0.25) is 5.02 Å². The lowest BCUT2D eigenvalue weighted by Crippen LogP contribution is -2.36. The molecule has 0 fully saturated rings. The number of carbonyl (C=O) groups is 1. The lowest BCUT2D eigenvalue weighted by atomic mass is 10.00. The molecule has 24 heavy (non-hydrogen) atoms. The lowest BCUT2D eigenvalue weighted by molar-refractivity contribution is -0.123. The molecule has 0 aliphatic carbocycles. The highest BCUT2D eigenvalue weighted by Crippen LogP contribution is 2.31. The quantitative estimate of drug-likeness (QED) is 0.745. The Labute approximate surface area is 145 Å². The number of hydrogen-bond acceptors (Lipinski definition) is 2. The molecule has 0 radical (unpaired) electrons. The molecule has 1 atom stereocenters. The van der Waals surface area contributed by atoms with E-state index in [1.807, 2.05) is 37.3 Å². The van der Waals surface area contributed by atoms with Crippen LogP contribution in [0.1, 0.15) is 30.9 Å². The first-order valence-electron chi connectivity index (χ1n) is 8.00. The number of aliphatic imine (C=N–C) groups is 1. The third kappa shape index (κ3) is 3.20. The Morgan fingerprint density at radius 2 is 1.96 bits per heavy atom. The summed E-state index contributed by atoms with van der Waals surface area (Å²) in [6.07, 6.45) is -0.208. The number of nitrogens with zero attached hydrogens (tertiary/aromatic N) is 2. The molecular weight excluding hydrogens is 327 g/mol. The molecule has 0 aromatic heterocycles. The van der Waals surface area contributed by atoms with Gasteiger partial charge >= 0.3 is 0 Å². The third-order valence-corrected chi connectivity index (χ3v) is 4.23. The van der Waals surface area contributed by atoms with Crippen molar-refractivity contribution in [2.45, 2.75) is 26.1 Å². The van der Waals surface area contributed by atoms with Gasteiger partial charge in [-0.05, 0) is 24.6 Å². The molecule has 1 amide bonds. The maximum atomic E-state index is 14.5. The summed E-state index contributed by atoms with van der Waals surface area (Å²) in [6, 6.07) is 14.5. The van der Waals surface area contributed by atoms with Gasteiger partial charge in [0.25, 0.3) is 12.2 Å². The van der Waals surface area contributed by atoms with Crippen LogP contribution in [0.4, 0.5) is 10.1 Å². The van der Waals surface area contributed by atoms with Crippen molar-refractivity contribution in [2.24, 2.45) is 4.99 Å². The summed E-state index contributed by atoms with van der Waals surface area (Å²) in [6.45, 7) is 2.49. The van der Waals surface area contributed by atoms with Crippen molar-refractivity contribution in [1.29, 1.82) is 0 Å². The standard InChI is InChI=1S/C19H18ClFN2O/c1-2-3-11-23-16-10-9-14(20)12-15(16)17(22-18(21)19(23)24)13-7-5-4-6-8-13/h4-10,12,18H,2-3,11H2,1H3. The van der Waals surface area contributed by atoms with Gasteiger partial charge < -0.3 is 4.90 Å². The van der Waals surface area contributed by atoms with Gasteiger partial charge in [-0.15, -0.1) is 0 Å². The van der Waals surface area contributed by atoms with Crippen LogP contribution >= 0.6 is 11.6 Å². The van der Waals surface area contributed by atoms with Gasteiger partial charge in [0, 0.05) is 22.7 Å². The van der Waals surface area contributed by atoms with E-state index in [0.717, 1.165) is 18.4 Å². The topological polar surface area (TPSA) is 32.7 Å². The summed E-state index contributed by atoms with van der Waals surface area (Å²) in [5.74, 6) is -0.627. The summed E-state index contributed by atoms with van der Waals surface area (Å²) >= 11 is 6.16. The number of unbranched alkanes of at least 4 members (excludes halogenated alkanes) is 1. The summed E-state index contributed by atoms with van der Waals surface area (Å²) in [7, 11) is 0. The zero-order chi connectivity index (χ0) is 17.1. The van der Waals surface area contributed by atoms with E-state index >= 15 is 0 Å². The maximum Gasteiger partial charge on any atom is 0.284 e. The molecule has 0 spiro atoms. The molecule has 0 bridgehead atoms. The van der Waals surface area contributed by atoms with Crippen LogP contribution in [0.15, 0.2) is 53.5 Å². The largest absolute Gasteiger partial charge is 0.307 e. The highest BCUT2D eigenvalue weighted by molar-refractivity contribution is 6.32. The molecule has 3 nitrogen and oxygen atoms in total. The van der Waals surface area contributed by atoms with E-state index in [4.69, 9.17) is 11.6 Å². The fraction of sp³-hybridized carbons (Fsp3) is 0.263. The number of benzene rings is 2. The molecular formula is C19H18ClFN2O. The molecule has 0 saturated heterocycles. The minimum atomic E-state index is -1.91. The van der Waals surface area contributed by atoms with Crippen LogP contribution in [0, 0.1) is 0 Å². The number of alkyl halides is 1. The van der Waals surface area contributed by atoms with Crippen molar-refractivity contribution in [3.63, 3.8) is 0 Å². The summed E-state index contributed by atoms with van der Waals surface area (Å²) in [5, 5.41) is 0.526. The molecule has 124 valence electrons. The van der Waals surface area contributed by atoms with Gasteiger partial charge in [0.2, 0.25) is 0 Å². The Balaban J connectivity index is 2.18. The first-order valence-corrected chi connectivity index (χ1v) is 8.38. The predicted octanol–water partition coefficient (Wildman–Crippen LogP) is 4.62. The molecule has 2 aromatic rings. The second kappa shape index (κ2) is 7.14. The first-order chi connectivity index (χ1) is 11.6. The van der Waals surface area contributed by atoms with Crippen molar-refractivity contribution in [3.8, 4) is 0 Å². The summed E-state index contributed by atoms with van der Waals surface area (Å²) in [4.78, 5) is 18.0. The zero-order valence-electron chi connectivity index (χ0n) is 13.4. The van der Waals surface area contributed by atoms with Gasteiger partial charge in [-0.25, -0.2) is 9.38 Å². The second-order valence-electron chi connectivity index (χ2n) is 5.68. The van der Waals surface area contributed by atoms with E-state index in [9.17, 15) is 9.18 Å². The Hall–Kier alpha value is -2.20. The molecule has 0 saturated carbocycles. The molecule has 0 N–H and O–H groups in total. The van der Waals surface area contributed by atoms with Crippen LogP contribution < -0.4 is 4.90 Å². The average Bonchev–Trinajstić information content (AvgIpc) is 2.70. The molecule has 2 aromatic carbocycles. The Morgan fingerprint density at radius 1 is 1.21 bits per heavy atom. The smallest absolute Gasteiger partial charge is 0.284 e. The normalized spacial score (nSPS) is 17.3. The van der Waals surface area contributed by atoms with Crippen LogP contribution in [0.3, 0.4) is 0 Å². The van der Waals surface area contributed by atoms with Crippen molar-refractivity contribution >= 4 is 28.9 Å². The van der Waals surface area contributed by atoms with Crippen molar-refractivity contribution in [1.82, 2.24) is 0 Å². The lowest BCUT2D eigenvalue weighted by Gasteiger charge is -2.23. The van der Waals surface area contributed by atoms with Crippen LogP contribution in [-0.4, -0.2) is 24.5 Å². The van der Waals surface area contributed by atoms with Gasteiger partial charge in [-0.1, -0.05) is 55.3 Å². The fourth-order valence-electron chi connectivity index (χ4n) is 2.79. The first kappa shape index (κ1) is 16.7.